The minimum Gasteiger partial charge on any atom is -0.354 e. The summed E-state index contributed by atoms with van der Waals surface area (Å²) in [6.45, 7) is 3.16. The first kappa shape index (κ1) is 13.4. The second kappa shape index (κ2) is 6.83. The van der Waals surface area contributed by atoms with Gasteiger partial charge in [-0.3, -0.25) is 4.79 Å². The number of hydrogen-bond donors (Lipinski definition) is 2. The van der Waals surface area contributed by atoms with E-state index in [9.17, 15) is 4.79 Å². The molecule has 1 rings (SSSR count). The number of rotatable bonds is 8. The van der Waals surface area contributed by atoms with Crippen molar-refractivity contribution in [3.63, 3.8) is 0 Å². The van der Waals surface area contributed by atoms with Crippen LogP contribution in [-0.2, 0) is 14.3 Å². The Bertz CT molecular complexity index is 215. The van der Waals surface area contributed by atoms with Crippen molar-refractivity contribution >= 4 is 5.91 Å². The summed E-state index contributed by atoms with van der Waals surface area (Å²) in [5, 5.41) is 5.96. The fourth-order valence-corrected chi connectivity index (χ4v) is 1.59. The van der Waals surface area contributed by atoms with Gasteiger partial charge in [0.15, 0.2) is 6.29 Å². The average molecular weight is 230 g/mol. The number of amides is 1. The van der Waals surface area contributed by atoms with Crippen molar-refractivity contribution in [3.05, 3.63) is 0 Å². The molecule has 16 heavy (non-hydrogen) atoms. The van der Waals surface area contributed by atoms with Crippen molar-refractivity contribution in [1.82, 2.24) is 10.6 Å². The number of methoxy groups -OCH3 is 2. The molecule has 5 heteroatoms. The highest BCUT2D eigenvalue weighted by Gasteiger charge is 2.21. The van der Waals surface area contributed by atoms with Gasteiger partial charge in [-0.1, -0.05) is 0 Å². The molecule has 1 saturated carbocycles. The number of carbonyl (C=O) groups excluding carboxylic acids is 1. The lowest BCUT2D eigenvalue weighted by Gasteiger charge is -2.22. The third kappa shape index (κ3) is 4.92. The smallest absolute Gasteiger partial charge is 0.234 e. The third-order valence-electron chi connectivity index (χ3n) is 2.68. The number of ether oxygens (including phenoxy) is 2. The van der Waals surface area contributed by atoms with Gasteiger partial charge in [0.05, 0.1) is 12.6 Å². The summed E-state index contributed by atoms with van der Waals surface area (Å²) < 4.78 is 10.1. The van der Waals surface area contributed by atoms with Crippen molar-refractivity contribution in [1.29, 1.82) is 0 Å². The van der Waals surface area contributed by atoms with Crippen LogP contribution >= 0.6 is 0 Å². The molecule has 0 saturated heterocycles. The molecule has 0 bridgehead atoms. The maximum absolute atomic E-state index is 11.5. The first-order chi connectivity index (χ1) is 7.67. The van der Waals surface area contributed by atoms with E-state index in [1.165, 1.54) is 12.8 Å². The van der Waals surface area contributed by atoms with Crippen LogP contribution in [0.15, 0.2) is 0 Å². The Hall–Kier alpha value is -0.650. The summed E-state index contributed by atoms with van der Waals surface area (Å²) >= 11 is 0. The second-order valence-corrected chi connectivity index (χ2v) is 4.27. The molecule has 2 N–H and O–H groups in total. The van der Waals surface area contributed by atoms with Crippen LogP contribution in [0.3, 0.4) is 0 Å². The number of carbonyl (C=O) groups is 1. The van der Waals surface area contributed by atoms with Crippen LogP contribution < -0.4 is 10.6 Å². The number of hydrogen-bond acceptors (Lipinski definition) is 4. The van der Waals surface area contributed by atoms with Crippen LogP contribution in [0, 0.1) is 5.92 Å². The van der Waals surface area contributed by atoms with Crippen LogP contribution in [0.4, 0.5) is 0 Å². The molecule has 0 radical (unpaired) electrons. The summed E-state index contributed by atoms with van der Waals surface area (Å²) in [7, 11) is 3.12. The fraction of sp³-hybridized carbons (Fsp3) is 0.909. The average Bonchev–Trinajstić information content (AvgIpc) is 3.03. The Balaban J connectivity index is 2.10. The first-order valence-electron chi connectivity index (χ1n) is 5.73. The predicted molar refractivity (Wildman–Crippen MR) is 61.0 cm³/mol. The Morgan fingerprint density at radius 2 is 2.00 bits per heavy atom. The highest BCUT2D eigenvalue weighted by atomic mass is 16.7. The van der Waals surface area contributed by atoms with Crippen LogP contribution in [0.5, 0.6) is 0 Å². The van der Waals surface area contributed by atoms with Gasteiger partial charge in [-0.15, -0.1) is 0 Å². The molecule has 0 aromatic carbocycles. The van der Waals surface area contributed by atoms with E-state index in [4.69, 9.17) is 9.47 Å². The summed E-state index contributed by atoms with van der Waals surface area (Å²) in [5.74, 6) is 0.767. The summed E-state index contributed by atoms with van der Waals surface area (Å²) in [4.78, 5) is 11.5. The van der Waals surface area contributed by atoms with Gasteiger partial charge < -0.3 is 20.1 Å². The molecule has 0 aromatic heterocycles. The fourth-order valence-electron chi connectivity index (χ4n) is 1.59. The van der Waals surface area contributed by atoms with E-state index in [0.29, 0.717) is 6.54 Å². The summed E-state index contributed by atoms with van der Waals surface area (Å²) in [6.07, 6.45) is 2.19. The van der Waals surface area contributed by atoms with Crippen LogP contribution in [0.1, 0.15) is 19.8 Å². The van der Waals surface area contributed by atoms with Crippen molar-refractivity contribution in [3.8, 4) is 0 Å². The number of nitrogens with one attached hydrogen (secondary N) is 2. The van der Waals surface area contributed by atoms with Crippen LogP contribution in [0.25, 0.3) is 0 Å². The zero-order valence-electron chi connectivity index (χ0n) is 10.3. The van der Waals surface area contributed by atoms with Crippen molar-refractivity contribution in [2.45, 2.75) is 32.1 Å². The molecule has 5 nitrogen and oxygen atoms in total. The Labute approximate surface area is 96.9 Å². The van der Waals surface area contributed by atoms with Gasteiger partial charge in [-0.05, 0) is 32.2 Å². The van der Waals surface area contributed by atoms with Gasteiger partial charge >= 0.3 is 0 Å². The Kier molecular flexibility index (Phi) is 5.73. The lowest BCUT2D eigenvalue weighted by molar-refractivity contribution is -0.135. The van der Waals surface area contributed by atoms with Crippen LogP contribution in [0.2, 0.25) is 0 Å². The van der Waals surface area contributed by atoms with Gasteiger partial charge in [0, 0.05) is 14.2 Å². The molecule has 1 amide bonds. The maximum atomic E-state index is 11.5. The molecule has 0 spiro atoms. The minimum atomic E-state index is -0.396. The van der Waals surface area contributed by atoms with Crippen molar-refractivity contribution < 1.29 is 14.3 Å². The lowest BCUT2D eigenvalue weighted by Crippen LogP contribution is -2.46. The molecule has 0 aliphatic heterocycles. The zero-order chi connectivity index (χ0) is 12.0. The Morgan fingerprint density at radius 3 is 2.50 bits per heavy atom. The summed E-state index contributed by atoms with van der Waals surface area (Å²) in [5.41, 5.74) is 0. The highest BCUT2D eigenvalue weighted by molar-refractivity contribution is 5.78. The van der Waals surface area contributed by atoms with Crippen LogP contribution in [-0.4, -0.2) is 45.5 Å². The summed E-state index contributed by atoms with van der Waals surface area (Å²) in [6, 6.07) is -0.148. The molecule has 0 aromatic rings. The van der Waals surface area contributed by atoms with E-state index in [-0.39, 0.29) is 11.9 Å². The first-order valence-corrected chi connectivity index (χ1v) is 5.73. The molecule has 0 heterocycles. The maximum Gasteiger partial charge on any atom is 0.234 e. The van der Waals surface area contributed by atoms with E-state index in [0.717, 1.165) is 12.5 Å². The van der Waals surface area contributed by atoms with Crippen molar-refractivity contribution in [2.24, 2.45) is 5.92 Å². The quantitative estimate of drug-likeness (QED) is 0.581. The zero-order valence-corrected chi connectivity index (χ0v) is 10.3. The molecule has 94 valence electrons. The van der Waals surface area contributed by atoms with E-state index in [1.807, 2.05) is 6.92 Å². The SMILES string of the molecule is COC(OC)C(C)NC(=O)CNCC1CC1. The van der Waals surface area contributed by atoms with Gasteiger partial charge in [0.2, 0.25) is 5.91 Å². The standard InChI is InChI=1S/C11H22N2O3/c1-8(11(15-2)16-3)13-10(14)7-12-6-9-4-5-9/h8-9,11-12H,4-7H2,1-3H3,(H,13,14). The second-order valence-electron chi connectivity index (χ2n) is 4.27. The molecule has 1 aliphatic rings. The molecule has 1 aliphatic carbocycles. The van der Waals surface area contributed by atoms with Crippen molar-refractivity contribution in [2.75, 3.05) is 27.3 Å². The van der Waals surface area contributed by atoms with Gasteiger partial charge in [0.1, 0.15) is 0 Å². The minimum absolute atomic E-state index is 0.0211. The highest BCUT2D eigenvalue weighted by Crippen LogP contribution is 2.27. The van der Waals surface area contributed by atoms with Gasteiger partial charge in [-0.2, -0.15) is 0 Å². The third-order valence-corrected chi connectivity index (χ3v) is 2.68. The topological polar surface area (TPSA) is 59.6 Å². The molecular formula is C11H22N2O3. The largest absolute Gasteiger partial charge is 0.354 e. The van der Waals surface area contributed by atoms with E-state index >= 15 is 0 Å². The Morgan fingerprint density at radius 1 is 1.38 bits per heavy atom. The lowest BCUT2D eigenvalue weighted by atomic mass is 10.3. The monoisotopic (exact) mass is 230 g/mol. The molecule has 1 fully saturated rings. The molecule has 1 unspecified atom stereocenters. The van der Waals surface area contributed by atoms with E-state index in [2.05, 4.69) is 10.6 Å². The predicted octanol–water partition coefficient (Wildman–Crippen LogP) is 0.110. The van der Waals surface area contributed by atoms with E-state index in [1.54, 1.807) is 14.2 Å². The van der Waals surface area contributed by atoms with E-state index < -0.39 is 6.29 Å². The molecule has 1 atom stereocenters. The molecular weight excluding hydrogens is 208 g/mol. The van der Waals surface area contributed by atoms with Gasteiger partial charge in [0.25, 0.3) is 0 Å². The van der Waals surface area contributed by atoms with Gasteiger partial charge in [-0.25, -0.2) is 0 Å². The normalized spacial score (nSPS) is 17.5.